The molecule has 1 aromatic heterocycles. The van der Waals surface area contributed by atoms with Crippen molar-refractivity contribution in [2.24, 2.45) is 7.05 Å². The summed E-state index contributed by atoms with van der Waals surface area (Å²) < 4.78 is 1.99. The minimum absolute atomic E-state index is 0.784. The van der Waals surface area contributed by atoms with Crippen LogP contribution in [-0.2, 0) is 19.1 Å². The van der Waals surface area contributed by atoms with Gasteiger partial charge in [0.25, 0.3) is 0 Å². The van der Waals surface area contributed by atoms with Crippen LogP contribution in [0.25, 0.3) is 11.1 Å². The molecule has 0 aliphatic heterocycles. The Bertz CT molecular complexity index is 1190. The third-order valence-electron chi connectivity index (χ3n) is 5.75. The number of rotatable bonds is 4. The SMILES string of the molecule is Cn1c(C(C)(O)c2ccc3c(c2)Cc2ccccc2-3)cnc1Sc1ccccc1. The molecule has 5 rings (SSSR count). The van der Waals surface area contributed by atoms with Crippen molar-refractivity contribution in [2.45, 2.75) is 29.0 Å². The molecule has 0 bridgehead atoms. The van der Waals surface area contributed by atoms with E-state index in [4.69, 9.17) is 0 Å². The Hall–Kier alpha value is -2.82. The minimum Gasteiger partial charge on any atom is -0.379 e. The van der Waals surface area contributed by atoms with E-state index in [1.165, 1.54) is 22.3 Å². The maximum absolute atomic E-state index is 11.5. The number of benzene rings is 3. The number of hydrogen-bond donors (Lipinski definition) is 1. The second-order valence-corrected chi connectivity index (χ2v) is 8.72. The maximum atomic E-state index is 11.5. The molecule has 0 radical (unpaired) electrons. The third-order valence-corrected chi connectivity index (χ3v) is 6.82. The summed E-state index contributed by atoms with van der Waals surface area (Å²) in [5.74, 6) is 0. The molecule has 0 amide bonds. The number of fused-ring (bicyclic) bond motifs is 3. The Kier molecular flexibility index (Phi) is 4.34. The molecule has 4 heteroatoms. The van der Waals surface area contributed by atoms with E-state index in [9.17, 15) is 5.11 Å². The first kappa shape index (κ1) is 18.2. The van der Waals surface area contributed by atoms with Gasteiger partial charge in [0, 0.05) is 11.9 Å². The molecular formula is C25H22N2OS. The van der Waals surface area contributed by atoms with Crippen molar-refractivity contribution in [3.63, 3.8) is 0 Å². The van der Waals surface area contributed by atoms with Gasteiger partial charge in [-0.15, -0.1) is 0 Å². The summed E-state index contributed by atoms with van der Waals surface area (Å²) in [4.78, 5) is 5.70. The fourth-order valence-electron chi connectivity index (χ4n) is 4.13. The monoisotopic (exact) mass is 398 g/mol. The maximum Gasteiger partial charge on any atom is 0.172 e. The van der Waals surface area contributed by atoms with Gasteiger partial charge in [-0.1, -0.05) is 72.4 Å². The zero-order valence-corrected chi connectivity index (χ0v) is 17.3. The lowest BCUT2D eigenvalue weighted by molar-refractivity contribution is 0.0934. The van der Waals surface area contributed by atoms with E-state index < -0.39 is 5.60 Å². The highest BCUT2D eigenvalue weighted by molar-refractivity contribution is 7.99. The van der Waals surface area contributed by atoms with Gasteiger partial charge < -0.3 is 9.67 Å². The molecule has 0 spiro atoms. The number of aliphatic hydroxyl groups is 1. The van der Waals surface area contributed by atoms with Gasteiger partial charge in [-0.25, -0.2) is 4.98 Å². The molecule has 4 aromatic rings. The first-order valence-corrected chi connectivity index (χ1v) is 10.5. The van der Waals surface area contributed by atoms with Crippen molar-refractivity contribution in [2.75, 3.05) is 0 Å². The van der Waals surface area contributed by atoms with Crippen molar-refractivity contribution in [1.82, 2.24) is 9.55 Å². The van der Waals surface area contributed by atoms with Crippen LogP contribution < -0.4 is 0 Å². The normalized spacial score (nSPS) is 14.3. The van der Waals surface area contributed by atoms with E-state index >= 15 is 0 Å². The van der Waals surface area contributed by atoms with E-state index in [-0.39, 0.29) is 0 Å². The fourth-order valence-corrected chi connectivity index (χ4v) is 4.97. The molecule has 1 aliphatic carbocycles. The molecule has 0 fully saturated rings. The largest absolute Gasteiger partial charge is 0.379 e. The second-order valence-electron chi connectivity index (χ2n) is 7.68. The Morgan fingerprint density at radius 2 is 1.66 bits per heavy atom. The van der Waals surface area contributed by atoms with Gasteiger partial charge in [0.05, 0.1) is 11.9 Å². The minimum atomic E-state index is -1.12. The lowest BCUT2D eigenvalue weighted by Gasteiger charge is -2.25. The van der Waals surface area contributed by atoms with Crippen LogP contribution in [0.5, 0.6) is 0 Å². The predicted octanol–water partition coefficient (Wildman–Crippen LogP) is 5.40. The molecule has 0 saturated heterocycles. The van der Waals surface area contributed by atoms with E-state index in [0.717, 1.165) is 27.7 Å². The topological polar surface area (TPSA) is 38.0 Å². The molecular weight excluding hydrogens is 376 g/mol. The van der Waals surface area contributed by atoms with E-state index in [1.54, 1.807) is 18.0 Å². The van der Waals surface area contributed by atoms with Crippen LogP contribution in [0.15, 0.2) is 89.0 Å². The first-order chi connectivity index (χ1) is 14.0. The molecule has 1 N–H and O–H groups in total. The molecule has 144 valence electrons. The molecule has 1 unspecified atom stereocenters. The first-order valence-electron chi connectivity index (χ1n) is 9.73. The third kappa shape index (κ3) is 3.09. The molecule has 3 aromatic carbocycles. The highest BCUT2D eigenvalue weighted by Gasteiger charge is 2.31. The smallest absolute Gasteiger partial charge is 0.172 e. The summed E-state index contributed by atoms with van der Waals surface area (Å²) in [6, 6.07) is 25.0. The van der Waals surface area contributed by atoms with Gasteiger partial charge in [0.15, 0.2) is 5.16 Å². The van der Waals surface area contributed by atoms with Crippen LogP contribution in [0, 0.1) is 0 Å². The van der Waals surface area contributed by atoms with Crippen molar-refractivity contribution < 1.29 is 5.11 Å². The average molecular weight is 399 g/mol. The summed E-state index contributed by atoms with van der Waals surface area (Å²) in [7, 11) is 1.96. The fraction of sp³-hybridized carbons (Fsp3) is 0.160. The van der Waals surface area contributed by atoms with Crippen LogP contribution >= 0.6 is 11.8 Å². The van der Waals surface area contributed by atoms with Crippen LogP contribution in [0.3, 0.4) is 0 Å². The Morgan fingerprint density at radius 1 is 0.931 bits per heavy atom. The van der Waals surface area contributed by atoms with Gasteiger partial charge in [-0.2, -0.15) is 0 Å². The summed E-state index contributed by atoms with van der Waals surface area (Å²) in [5, 5.41) is 12.4. The van der Waals surface area contributed by atoms with Crippen LogP contribution in [-0.4, -0.2) is 14.7 Å². The quantitative estimate of drug-likeness (QED) is 0.441. The highest BCUT2D eigenvalue weighted by Crippen LogP contribution is 2.40. The molecule has 1 atom stereocenters. The molecule has 1 heterocycles. The van der Waals surface area contributed by atoms with E-state index in [0.29, 0.717) is 0 Å². The van der Waals surface area contributed by atoms with Gasteiger partial charge in [0.1, 0.15) is 5.60 Å². The zero-order valence-electron chi connectivity index (χ0n) is 16.5. The van der Waals surface area contributed by atoms with E-state index in [2.05, 4.69) is 53.5 Å². The standard InChI is InChI=1S/C25H22N2OS/c1-25(28,23-16-26-24(27(23)2)29-20-9-4-3-5-10-20)19-12-13-22-18(15-19)14-17-8-6-7-11-21(17)22/h3-13,15-16,28H,14H2,1-2H3. The summed E-state index contributed by atoms with van der Waals surface area (Å²) in [5.41, 5.74) is 5.74. The Labute approximate surface area is 175 Å². The van der Waals surface area contributed by atoms with Crippen LogP contribution in [0.4, 0.5) is 0 Å². The predicted molar refractivity (Wildman–Crippen MR) is 117 cm³/mol. The van der Waals surface area contributed by atoms with Crippen molar-refractivity contribution in [3.05, 3.63) is 101 Å². The lowest BCUT2D eigenvalue weighted by atomic mass is 9.90. The van der Waals surface area contributed by atoms with Crippen LogP contribution in [0.1, 0.15) is 29.3 Å². The van der Waals surface area contributed by atoms with Crippen LogP contribution in [0.2, 0.25) is 0 Å². The average Bonchev–Trinajstić information content (AvgIpc) is 3.29. The lowest BCUT2D eigenvalue weighted by Crippen LogP contribution is -2.26. The number of nitrogens with zero attached hydrogens (tertiary/aromatic N) is 2. The number of hydrogen-bond acceptors (Lipinski definition) is 3. The summed E-state index contributed by atoms with van der Waals surface area (Å²) in [6.45, 7) is 1.85. The van der Waals surface area contributed by atoms with Gasteiger partial charge in [-0.3, -0.25) is 0 Å². The van der Waals surface area contributed by atoms with E-state index in [1.807, 2.05) is 42.8 Å². The van der Waals surface area contributed by atoms with Gasteiger partial charge >= 0.3 is 0 Å². The second kappa shape index (κ2) is 6.90. The molecule has 1 aliphatic rings. The van der Waals surface area contributed by atoms with Crippen molar-refractivity contribution in [3.8, 4) is 11.1 Å². The number of imidazole rings is 1. The molecule has 3 nitrogen and oxygen atoms in total. The summed E-state index contributed by atoms with van der Waals surface area (Å²) in [6.07, 6.45) is 2.70. The number of aromatic nitrogens is 2. The van der Waals surface area contributed by atoms with Gasteiger partial charge in [0.2, 0.25) is 0 Å². The summed E-state index contributed by atoms with van der Waals surface area (Å²) >= 11 is 1.60. The van der Waals surface area contributed by atoms with Crippen molar-refractivity contribution >= 4 is 11.8 Å². The highest BCUT2D eigenvalue weighted by atomic mass is 32.2. The molecule has 0 saturated carbocycles. The van der Waals surface area contributed by atoms with Crippen molar-refractivity contribution in [1.29, 1.82) is 0 Å². The molecule has 29 heavy (non-hydrogen) atoms. The Morgan fingerprint density at radius 3 is 2.48 bits per heavy atom. The Balaban J connectivity index is 1.48. The van der Waals surface area contributed by atoms with Gasteiger partial charge in [-0.05, 0) is 53.3 Å². The zero-order chi connectivity index (χ0) is 20.0.